The summed E-state index contributed by atoms with van der Waals surface area (Å²) in [6.07, 6.45) is 0.729. The van der Waals surface area contributed by atoms with E-state index >= 15 is 0 Å². The lowest BCUT2D eigenvalue weighted by atomic mass is 9.98. The standard InChI is InChI=1S/C24H26N4O3/c1-28-15-19-12-18(7-8-21(19)24(28)30)17-5-3-16(4-6-17)11-20(13-25)27-23(29)22-14-26-9-2-10-31-22/h3-8,12,20,22,26H,2,9-11,14-15H2,1H3,(H,27,29)/t20-,22-/m0/s1. The van der Waals surface area contributed by atoms with Gasteiger partial charge in [0.1, 0.15) is 12.1 Å². The van der Waals surface area contributed by atoms with Crippen molar-refractivity contribution in [2.24, 2.45) is 0 Å². The Morgan fingerprint density at radius 3 is 2.84 bits per heavy atom. The average molecular weight is 418 g/mol. The number of rotatable bonds is 5. The number of nitriles is 1. The molecule has 2 aromatic carbocycles. The second-order valence-electron chi connectivity index (χ2n) is 8.04. The highest BCUT2D eigenvalue weighted by atomic mass is 16.5. The summed E-state index contributed by atoms with van der Waals surface area (Å²) in [4.78, 5) is 26.2. The Hall–Kier alpha value is -3.21. The van der Waals surface area contributed by atoms with Crippen molar-refractivity contribution in [2.75, 3.05) is 26.7 Å². The Morgan fingerprint density at radius 1 is 1.29 bits per heavy atom. The number of benzene rings is 2. The molecule has 1 saturated heterocycles. The van der Waals surface area contributed by atoms with Crippen LogP contribution < -0.4 is 10.6 Å². The molecule has 31 heavy (non-hydrogen) atoms. The Kier molecular flexibility index (Phi) is 6.31. The lowest BCUT2D eigenvalue weighted by molar-refractivity contribution is -0.132. The second-order valence-corrected chi connectivity index (χ2v) is 8.04. The summed E-state index contributed by atoms with van der Waals surface area (Å²) in [5.74, 6) is -0.193. The highest BCUT2D eigenvalue weighted by molar-refractivity contribution is 5.98. The molecule has 0 radical (unpaired) electrons. The molecular formula is C24H26N4O3. The minimum atomic E-state index is -0.619. The first-order valence-electron chi connectivity index (χ1n) is 10.5. The van der Waals surface area contributed by atoms with Gasteiger partial charge in [-0.3, -0.25) is 9.59 Å². The highest BCUT2D eigenvalue weighted by Gasteiger charge is 2.25. The van der Waals surface area contributed by atoms with Crippen molar-refractivity contribution in [3.05, 3.63) is 59.2 Å². The van der Waals surface area contributed by atoms with Crippen LogP contribution in [-0.2, 0) is 22.5 Å². The number of hydrogen-bond acceptors (Lipinski definition) is 5. The van der Waals surface area contributed by atoms with Crippen molar-refractivity contribution in [2.45, 2.75) is 31.5 Å². The molecule has 0 unspecified atom stereocenters. The first-order chi connectivity index (χ1) is 15.0. The molecule has 7 nitrogen and oxygen atoms in total. The zero-order valence-corrected chi connectivity index (χ0v) is 17.6. The molecule has 0 aliphatic carbocycles. The van der Waals surface area contributed by atoms with E-state index in [-0.39, 0.29) is 11.8 Å². The maximum Gasteiger partial charge on any atom is 0.254 e. The van der Waals surface area contributed by atoms with Gasteiger partial charge in [-0.1, -0.05) is 30.3 Å². The van der Waals surface area contributed by atoms with Crippen molar-refractivity contribution in [3.63, 3.8) is 0 Å². The van der Waals surface area contributed by atoms with Crippen LogP contribution >= 0.6 is 0 Å². The van der Waals surface area contributed by atoms with Crippen LogP contribution in [0.3, 0.4) is 0 Å². The third-order valence-electron chi connectivity index (χ3n) is 5.73. The first-order valence-corrected chi connectivity index (χ1v) is 10.5. The zero-order valence-electron chi connectivity index (χ0n) is 17.6. The first kappa shape index (κ1) is 21.0. The largest absolute Gasteiger partial charge is 0.367 e. The summed E-state index contributed by atoms with van der Waals surface area (Å²) in [7, 11) is 1.81. The van der Waals surface area contributed by atoms with Gasteiger partial charge in [0.15, 0.2) is 0 Å². The third-order valence-corrected chi connectivity index (χ3v) is 5.73. The molecule has 0 bridgehead atoms. The molecule has 7 heteroatoms. The van der Waals surface area contributed by atoms with E-state index in [1.165, 1.54) is 0 Å². The van der Waals surface area contributed by atoms with Crippen molar-refractivity contribution < 1.29 is 14.3 Å². The topological polar surface area (TPSA) is 94.5 Å². The fourth-order valence-electron chi connectivity index (χ4n) is 3.99. The van der Waals surface area contributed by atoms with E-state index in [1.807, 2.05) is 36.4 Å². The number of carbonyl (C=O) groups excluding carboxylic acids is 2. The van der Waals surface area contributed by atoms with E-state index in [4.69, 9.17) is 4.74 Å². The molecule has 2 amide bonds. The summed E-state index contributed by atoms with van der Waals surface area (Å²) < 4.78 is 5.56. The molecule has 0 spiro atoms. The molecule has 2 aromatic rings. The third kappa shape index (κ3) is 4.76. The summed E-state index contributed by atoms with van der Waals surface area (Å²) in [5.41, 5.74) is 4.87. The summed E-state index contributed by atoms with van der Waals surface area (Å²) in [6.45, 7) is 2.46. The molecule has 1 fully saturated rings. The van der Waals surface area contributed by atoms with Gasteiger partial charge < -0.3 is 20.3 Å². The van der Waals surface area contributed by atoms with Gasteiger partial charge in [0.05, 0.1) is 6.07 Å². The number of nitrogens with one attached hydrogen (secondary N) is 2. The molecule has 160 valence electrons. The van der Waals surface area contributed by atoms with Crippen molar-refractivity contribution in [1.29, 1.82) is 5.26 Å². The van der Waals surface area contributed by atoms with Gasteiger partial charge in [-0.15, -0.1) is 0 Å². The lowest BCUT2D eigenvalue weighted by Gasteiger charge is -2.18. The van der Waals surface area contributed by atoms with Gasteiger partial charge in [0.2, 0.25) is 0 Å². The molecule has 4 rings (SSSR count). The Morgan fingerprint density at radius 2 is 2.06 bits per heavy atom. The van der Waals surface area contributed by atoms with E-state index in [1.54, 1.807) is 11.9 Å². The Balaban J connectivity index is 1.40. The van der Waals surface area contributed by atoms with Crippen LogP contribution in [0.1, 0.15) is 27.9 Å². The Bertz CT molecular complexity index is 1000. The monoisotopic (exact) mass is 418 g/mol. The summed E-state index contributed by atoms with van der Waals surface area (Å²) in [5, 5.41) is 15.5. The molecule has 2 atom stereocenters. The van der Waals surface area contributed by atoms with Crippen LogP contribution in [-0.4, -0.2) is 55.6 Å². The highest BCUT2D eigenvalue weighted by Crippen LogP contribution is 2.28. The minimum Gasteiger partial charge on any atom is -0.367 e. The van der Waals surface area contributed by atoms with Crippen LogP contribution in [0.15, 0.2) is 42.5 Å². The molecule has 2 aliphatic heterocycles. The van der Waals surface area contributed by atoms with Crippen molar-refractivity contribution >= 4 is 11.8 Å². The SMILES string of the molecule is CN1Cc2cc(-c3ccc(C[C@@H](C#N)NC(=O)[C@@H]4CNCCCO4)cc3)ccc2C1=O. The van der Waals surface area contributed by atoms with Crippen LogP contribution in [0.2, 0.25) is 0 Å². The van der Waals surface area contributed by atoms with Crippen molar-refractivity contribution in [3.8, 4) is 17.2 Å². The van der Waals surface area contributed by atoms with E-state index in [9.17, 15) is 14.9 Å². The van der Waals surface area contributed by atoms with E-state index < -0.39 is 12.1 Å². The van der Waals surface area contributed by atoms with E-state index in [0.29, 0.717) is 26.1 Å². The van der Waals surface area contributed by atoms with Crippen LogP contribution in [0, 0.1) is 11.3 Å². The normalized spacial score (nSPS) is 19.3. The molecule has 0 saturated carbocycles. The quantitative estimate of drug-likeness (QED) is 0.773. The average Bonchev–Trinajstić information content (AvgIpc) is 2.95. The predicted molar refractivity (Wildman–Crippen MR) is 116 cm³/mol. The fraction of sp³-hybridized carbons (Fsp3) is 0.375. The Labute approximate surface area is 182 Å². The number of amides is 2. The summed E-state index contributed by atoms with van der Waals surface area (Å²) in [6, 6.07) is 15.4. The van der Waals surface area contributed by atoms with Gasteiger partial charge in [-0.05, 0) is 47.4 Å². The molecule has 2 heterocycles. The van der Waals surface area contributed by atoms with Gasteiger partial charge in [-0.2, -0.15) is 5.26 Å². The van der Waals surface area contributed by atoms with Crippen LogP contribution in [0.25, 0.3) is 11.1 Å². The number of hydrogen-bond donors (Lipinski definition) is 2. The summed E-state index contributed by atoms with van der Waals surface area (Å²) >= 11 is 0. The predicted octanol–water partition coefficient (Wildman–Crippen LogP) is 1.87. The number of carbonyl (C=O) groups is 2. The van der Waals surface area contributed by atoms with E-state index in [0.717, 1.165) is 40.8 Å². The van der Waals surface area contributed by atoms with Gasteiger partial charge in [-0.25, -0.2) is 0 Å². The molecular weight excluding hydrogens is 392 g/mol. The number of nitrogens with zero attached hydrogens (tertiary/aromatic N) is 2. The van der Waals surface area contributed by atoms with Gasteiger partial charge in [0.25, 0.3) is 11.8 Å². The van der Waals surface area contributed by atoms with Crippen molar-refractivity contribution in [1.82, 2.24) is 15.5 Å². The zero-order chi connectivity index (χ0) is 21.8. The van der Waals surface area contributed by atoms with E-state index in [2.05, 4.69) is 22.8 Å². The van der Waals surface area contributed by atoms with Crippen LogP contribution in [0.4, 0.5) is 0 Å². The minimum absolute atomic E-state index is 0.0616. The molecule has 0 aromatic heterocycles. The smallest absolute Gasteiger partial charge is 0.254 e. The molecule has 2 aliphatic rings. The number of fused-ring (bicyclic) bond motifs is 1. The lowest BCUT2D eigenvalue weighted by Crippen LogP contribution is -2.46. The molecule has 2 N–H and O–H groups in total. The maximum atomic E-state index is 12.4. The van der Waals surface area contributed by atoms with Crippen LogP contribution in [0.5, 0.6) is 0 Å². The second kappa shape index (κ2) is 9.29. The number of ether oxygens (including phenoxy) is 1. The fourth-order valence-corrected chi connectivity index (χ4v) is 3.99. The maximum absolute atomic E-state index is 12.4. The van der Waals surface area contributed by atoms with Gasteiger partial charge in [0, 0.05) is 38.7 Å². The van der Waals surface area contributed by atoms with Gasteiger partial charge >= 0.3 is 0 Å².